The van der Waals surface area contributed by atoms with Crippen molar-refractivity contribution >= 4 is 0 Å². The molecule has 1 unspecified atom stereocenters. The zero-order valence-corrected chi connectivity index (χ0v) is 9.17. The monoisotopic (exact) mass is 193 g/mol. The fourth-order valence-corrected chi connectivity index (χ4v) is 1.85. The van der Waals surface area contributed by atoms with Gasteiger partial charge in [-0.2, -0.15) is 0 Å². The van der Waals surface area contributed by atoms with E-state index in [0.29, 0.717) is 0 Å². The molecule has 14 heavy (non-hydrogen) atoms. The Morgan fingerprint density at radius 2 is 2.21 bits per heavy atom. The van der Waals surface area contributed by atoms with Crippen molar-refractivity contribution in [3.63, 3.8) is 0 Å². The molecule has 0 bridgehead atoms. The van der Waals surface area contributed by atoms with Gasteiger partial charge in [0.2, 0.25) is 0 Å². The van der Waals surface area contributed by atoms with E-state index in [1.807, 2.05) is 19.1 Å². The van der Waals surface area contributed by atoms with Gasteiger partial charge >= 0.3 is 0 Å². The Labute approximate surface area is 86.0 Å². The number of allylic oxidation sites excluding steroid dienone is 4. The lowest BCUT2D eigenvalue weighted by atomic mass is 9.76. The van der Waals surface area contributed by atoms with Gasteiger partial charge in [0.15, 0.2) is 0 Å². The van der Waals surface area contributed by atoms with Crippen LogP contribution in [0.5, 0.6) is 0 Å². The molecule has 0 saturated carbocycles. The molecule has 2 N–H and O–H groups in total. The molecule has 0 amide bonds. The van der Waals surface area contributed by atoms with E-state index in [-0.39, 0.29) is 5.41 Å². The maximum absolute atomic E-state index is 9.54. The van der Waals surface area contributed by atoms with Crippen LogP contribution in [0.25, 0.3) is 0 Å². The fraction of sp³-hybridized carbons (Fsp3) is 0.500. The van der Waals surface area contributed by atoms with Crippen molar-refractivity contribution in [1.29, 1.82) is 0 Å². The van der Waals surface area contributed by atoms with Crippen molar-refractivity contribution in [1.82, 2.24) is 5.32 Å². The zero-order chi connectivity index (χ0) is 10.8. The third kappa shape index (κ3) is 2.26. The van der Waals surface area contributed by atoms with Crippen molar-refractivity contribution in [3.05, 3.63) is 36.1 Å². The highest BCUT2D eigenvalue weighted by atomic mass is 16.3. The van der Waals surface area contributed by atoms with Crippen LogP contribution in [0, 0.1) is 5.41 Å². The highest BCUT2D eigenvalue weighted by molar-refractivity contribution is 5.37. The first-order chi connectivity index (χ1) is 6.47. The molecule has 1 atom stereocenters. The number of aliphatic hydroxyl groups excluding tert-OH is 1. The second kappa shape index (κ2) is 4.01. The summed E-state index contributed by atoms with van der Waals surface area (Å²) in [5.41, 5.74) is 1.98. The number of nitrogens with one attached hydrogen (secondary N) is 1. The van der Waals surface area contributed by atoms with E-state index in [1.54, 1.807) is 0 Å². The maximum atomic E-state index is 9.54. The van der Waals surface area contributed by atoms with E-state index < -0.39 is 6.23 Å². The molecule has 0 radical (unpaired) electrons. The predicted octanol–water partition coefficient (Wildman–Crippen LogP) is 2.34. The number of piperidine rings is 1. The molecule has 1 aliphatic rings. The van der Waals surface area contributed by atoms with Crippen LogP contribution in [0.15, 0.2) is 36.1 Å². The molecule has 0 aromatic rings. The standard InChI is InChI=1S/C12H19NO/c1-5-6-7-10-9(2)13-11(14)8-12(10,3)4/h5-7,11,13-14H,2,8H2,1,3-4H3/b6-5-,10-7+. The molecule has 0 aromatic heterocycles. The van der Waals surface area contributed by atoms with Crippen molar-refractivity contribution in [2.75, 3.05) is 0 Å². The van der Waals surface area contributed by atoms with Crippen LogP contribution in [0.3, 0.4) is 0 Å². The summed E-state index contributed by atoms with van der Waals surface area (Å²) in [6.07, 6.45) is 6.29. The lowest BCUT2D eigenvalue weighted by molar-refractivity contribution is 0.0900. The smallest absolute Gasteiger partial charge is 0.125 e. The van der Waals surface area contributed by atoms with Crippen LogP contribution < -0.4 is 5.32 Å². The summed E-state index contributed by atoms with van der Waals surface area (Å²) in [7, 11) is 0. The fourth-order valence-electron chi connectivity index (χ4n) is 1.85. The van der Waals surface area contributed by atoms with Crippen molar-refractivity contribution in [2.24, 2.45) is 5.41 Å². The van der Waals surface area contributed by atoms with E-state index in [1.165, 1.54) is 5.57 Å². The first-order valence-corrected chi connectivity index (χ1v) is 4.94. The second-order valence-electron chi connectivity index (χ2n) is 4.33. The lowest BCUT2D eigenvalue weighted by Gasteiger charge is -2.38. The third-order valence-corrected chi connectivity index (χ3v) is 2.55. The van der Waals surface area contributed by atoms with Gasteiger partial charge in [-0.1, -0.05) is 38.7 Å². The second-order valence-corrected chi connectivity index (χ2v) is 4.33. The quantitative estimate of drug-likeness (QED) is 0.670. The van der Waals surface area contributed by atoms with Gasteiger partial charge in [0.1, 0.15) is 6.23 Å². The van der Waals surface area contributed by atoms with E-state index in [2.05, 4.69) is 31.8 Å². The van der Waals surface area contributed by atoms with Crippen LogP contribution in [0.1, 0.15) is 27.2 Å². The molecule has 0 aliphatic carbocycles. The minimum absolute atomic E-state index is 0.0126. The van der Waals surface area contributed by atoms with Gasteiger partial charge in [-0.05, 0) is 17.9 Å². The summed E-state index contributed by atoms with van der Waals surface area (Å²) in [6, 6.07) is 0. The van der Waals surface area contributed by atoms with Crippen LogP contribution in [-0.4, -0.2) is 11.3 Å². The summed E-state index contributed by atoms with van der Waals surface area (Å²) < 4.78 is 0. The normalized spacial score (nSPS) is 29.6. The molecule has 0 aromatic carbocycles. The Kier molecular flexibility index (Phi) is 3.17. The van der Waals surface area contributed by atoms with Gasteiger partial charge in [0, 0.05) is 12.1 Å². The number of aliphatic hydroxyl groups is 1. The topological polar surface area (TPSA) is 32.3 Å². The minimum atomic E-state index is -0.472. The first kappa shape index (κ1) is 11.1. The molecule has 1 rings (SSSR count). The lowest BCUT2D eigenvalue weighted by Crippen LogP contribution is -2.41. The molecule has 0 spiro atoms. The molecule has 1 fully saturated rings. The Bertz CT molecular complexity index is 287. The zero-order valence-electron chi connectivity index (χ0n) is 9.17. The van der Waals surface area contributed by atoms with Crippen LogP contribution in [0.2, 0.25) is 0 Å². The van der Waals surface area contributed by atoms with E-state index in [0.717, 1.165) is 12.1 Å². The van der Waals surface area contributed by atoms with Gasteiger partial charge in [-0.3, -0.25) is 0 Å². The summed E-state index contributed by atoms with van der Waals surface area (Å²) in [5.74, 6) is 0. The molecule has 1 aliphatic heterocycles. The molecule has 78 valence electrons. The average molecular weight is 193 g/mol. The van der Waals surface area contributed by atoms with Crippen LogP contribution >= 0.6 is 0 Å². The van der Waals surface area contributed by atoms with Gasteiger partial charge < -0.3 is 10.4 Å². The molecule has 2 nitrogen and oxygen atoms in total. The van der Waals surface area contributed by atoms with E-state index >= 15 is 0 Å². The molecule has 1 heterocycles. The molecular weight excluding hydrogens is 174 g/mol. The predicted molar refractivity (Wildman–Crippen MR) is 59.6 cm³/mol. The summed E-state index contributed by atoms with van der Waals surface area (Å²) in [5, 5.41) is 12.5. The largest absolute Gasteiger partial charge is 0.374 e. The Hall–Kier alpha value is -1.02. The van der Waals surface area contributed by atoms with Crippen molar-refractivity contribution < 1.29 is 5.11 Å². The third-order valence-electron chi connectivity index (χ3n) is 2.55. The van der Waals surface area contributed by atoms with Crippen LogP contribution in [-0.2, 0) is 0 Å². The highest BCUT2D eigenvalue weighted by Gasteiger charge is 2.32. The summed E-state index contributed by atoms with van der Waals surface area (Å²) in [4.78, 5) is 0. The van der Waals surface area contributed by atoms with Gasteiger partial charge in [0.05, 0.1) is 0 Å². The summed E-state index contributed by atoms with van der Waals surface area (Å²) >= 11 is 0. The van der Waals surface area contributed by atoms with Crippen molar-refractivity contribution in [2.45, 2.75) is 33.4 Å². The molecule has 2 heteroatoms. The molecular formula is C12H19NO. The van der Waals surface area contributed by atoms with Crippen molar-refractivity contribution in [3.8, 4) is 0 Å². The van der Waals surface area contributed by atoms with Crippen LogP contribution in [0.4, 0.5) is 0 Å². The highest BCUT2D eigenvalue weighted by Crippen LogP contribution is 2.38. The minimum Gasteiger partial charge on any atom is -0.374 e. The number of hydrogen-bond donors (Lipinski definition) is 2. The SMILES string of the molecule is C=C1NC(O)CC(C)(C)/C1=C/C=C\C. The average Bonchev–Trinajstić information content (AvgIpc) is 2.00. The maximum Gasteiger partial charge on any atom is 0.125 e. The van der Waals surface area contributed by atoms with E-state index in [9.17, 15) is 5.11 Å². The first-order valence-electron chi connectivity index (χ1n) is 4.94. The van der Waals surface area contributed by atoms with Gasteiger partial charge in [-0.25, -0.2) is 0 Å². The van der Waals surface area contributed by atoms with E-state index in [4.69, 9.17) is 0 Å². The van der Waals surface area contributed by atoms with Gasteiger partial charge in [-0.15, -0.1) is 0 Å². The van der Waals surface area contributed by atoms with Gasteiger partial charge in [0.25, 0.3) is 0 Å². The Morgan fingerprint density at radius 3 is 2.71 bits per heavy atom. The summed E-state index contributed by atoms with van der Waals surface area (Å²) in [6.45, 7) is 10.2. The number of hydrogen-bond acceptors (Lipinski definition) is 2. The Balaban J connectivity index is 2.96. The molecule has 1 saturated heterocycles. The number of rotatable bonds is 1. The Morgan fingerprint density at radius 1 is 1.57 bits per heavy atom.